The monoisotopic (exact) mass is 207 g/mol. The molecular formula is C10H13N3S. The fourth-order valence-electron chi connectivity index (χ4n) is 1.42. The van der Waals surface area contributed by atoms with Gasteiger partial charge in [0.05, 0.1) is 12.2 Å². The van der Waals surface area contributed by atoms with Crippen molar-refractivity contribution in [1.29, 1.82) is 0 Å². The molecule has 2 heterocycles. The van der Waals surface area contributed by atoms with E-state index in [9.17, 15) is 0 Å². The zero-order valence-corrected chi connectivity index (χ0v) is 9.08. The summed E-state index contributed by atoms with van der Waals surface area (Å²) in [5.41, 5.74) is 6.95. The van der Waals surface area contributed by atoms with Gasteiger partial charge in [-0.25, -0.2) is 4.68 Å². The molecule has 0 spiro atoms. The molecule has 1 atom stereocenters. The zero-order chi connectivity index (χ0) is 10.1. The molecule has 2 aromatic rings. The predicted molar refractivity (Wildman–Crippen MR) is 59.5 cm³/mol. The fraction of sp³-hybridized carbons (Fsp3) is 0.300. The first-order chi connectivity index (χ1) is 6.70. The van der Waals surface area contributed by atoms with Gasteiger partial charge in [0.25, 0.3) is 0 Å². The number of hydrogen-bond acceptors (Lipinski definition) is 3. The molecule has 0 aromatic carbocycles. The lowest BCUT2D eigenvalue weighted by atomic mass is 10.3. The van der Waals surface area contributed by atoms with Crippen molar-refractivity contribution in [3.05, 3.63) is 34.2 Å². The maximum atomic E-state index is 5.91. The van der Waals surface area contributed by atoms with E-state index in [4.69, 9.17) is 5.73 Å². The molecule has 2 aromatic heterocycles. The number of rotatable bonds is 2. The molecule has 74 valence electrons. The van der Waals surface area contributed by atoms with E-state index in [0.717, 1.165) is 11.4 Å². The van der Waals surface area contributed by atoms with Crippen LogP contribution < -0.4 is 5.73 Å². The van der Waals surface area contributed by atoms with Crippen LogP contribution in [-0.2, 0) is 0 Å². The summed E-state index contributed by atoms with van der Waals surface area (Å²) in [5, 5.41) is 6.34. The topological polar surface area (TPSA) is 43.8 Å². The van der Waals surface area contributed by atoms with Gasteiger partial charge in [0.2, 0.25) is 0 Å². The van der Waals surface area contributed by atoms with E-state index in [1.807, 2.05) is 17.7 Å². The van der Waals surface area contributed by atoms with Gasteiger partial charge in [0.1, 0.15) is 5.82 Å². The highest BCUT2D eigenvalue weighted by molar-refractivity contribution is 7.10. The first-order valence-electron chi connectivity index (χ1n) is 4.53. The summed E-state index contributed by atoms with van der Waals surface area (Å²) in [6.07, 6.45) is 1.80. The van der Waals surface area contributed by atoms with Crippen LogP contribution in [0.3, 0.4) is 0 Å². The second kappa shape index (κ2) is 3.46. The third kappa shape index (κ3) is 1.42. The highest BCUT2D eigenvalue weighted by atomic mass is 32.1. The van der Waals surface area contributed by atoms with Gasteiger partial charge in [-0.3, -0.25) is 0 Å². The van der Waals surface area contributed by atoms with Crippen LogP contribution in [0.4, 0.5) is 5.82 Å². The third-order valence-electron chi connectivity index (χ3n) is 2.35. The van der Waals surface area contributed by atoms with Crippen molar-refractivity contribution >= 4 is 17.2 Å². The lowest BCUT2D eigenvalue weighted by Crippen LogP contribution is -2.10. The van der Waals surface area contributed by atoms with Crippen LogP contribution in [0.2, 0.25) is 0 Å². The molecule has 2 N–H and O–H groups in total. The predicted octanol–water partition coefficient (Wildman–Crippen LogP) is 2.44. The van der Waals surface area contributed by atoms with Crippen LogP contribution in [-0.4, -0.2) is 9.78 Å². The second-order valence-electron chi connectivity index (χ2n) is 3.35. The Balaban J connectivity index is 2.36. The van der Waals surface area contributed by atoms with E-state index in [-0.39, 0.29) is 6.04 Å². The SMILES string of the molecule is Cc1cnn(C(C)c2cccs2)c1N. The van der Waals surface area contributed by atoms with Crippen molar-refractivity contribution in [3.63, 3.8) is 0 Å². The number of nitrogens with zero attached hydrogens (tertiary/aromatic N) is 2. The Hall–Kier alpha value is -1.29. The Labute approximate surface area is 87.2 Å². The van der Waals surface area contributed by atoms with Crippen LogP contribution in [0.1, 0.15) is 23.4 Å². The molecule has 3 nitrogen and oxygen atoms in total. The minimum absolute atomic E-state index is 0.226. The maximum absolute atomic E-state index is 5.91. The Bertz CT molecular complexity index is 417. The number of anilines is 1. The molecule has 0 saturated heterocycles. The molecule has 0 aliphatic heterocycles. The summed E-state index contributed by atoms with van der Waals surface area (Å²) in [5.74, 6) is 0.755. The minimum Gasteiger partial charge on any atom is -0.384 e. The first kappa shape index (κ1) is 9.27. The Kier molecular flexibility index (Phi) is 2.29. The Morgan fingerprint density at radius 1 is 1.57 bits per heavy atom. The number of nitrogens with two attached hydrogens (primary N) is 1. The maximum Gasteiger partial charge on any atom is 0.125 e. The Morgan fingerprint density at radius 2 is 2.36 bits per heavy atom. The van der Waals surface area contributed by atoms with Gasteiger partial charge in [-0.1, -0.05) is 6.07 Å². The standard InChI is InChI=1S/C10H13N3S/c1-7-6-12-13(10(7)11)8(2)9-4-3-5-14-9/h3-6,8H,11H2,1-2H3. The number of hydrogen-bond donors (Lipinski definition) is 1. The average molecular weight is 207 g/mol. The van der Waals surface area contributed by atoms with Crippen LogP contribution in [0.15, 0.2) is 23.7 Å². The molecule has 0 amide bonds. The van der Waals surface area contributed by atoms with Gasteiger partial charge in [-0.15, -0.1) is 11.3 Å². The van der Waals surface area contributed by atoms with Gasteiger partial charge in [0, 0.05) is 10.4 Å². The summed E-state index contributed by atoms with van der Waals surface area (Å²) >= 11 is 1.73. The van der Waals surface area contributed by atoms with Crippen molar-refractivity contribution in [2.45, 2.75) is 19.9 Å². The van der Waals surface area contributed by atoms with E-state index in [2.05, 4.69) is 23.5 Å². The summed E-state index contributed by atoms with van der Waals surface area (Å²) < 4.78 is 1.86. The molecule has 1 unspecified atom stereocenters. The highest BCUT2D eigenvalue weighted by Crippen LogP contribution is 2.25. The molecule has 0 aliphatic carbocycles. The molecule has 4 heteroatoms. The van der Waals surface area contributed by atoms with Crippen molar-refractivity contribution in [2.24, 2.45) is 0 Å². The molecule has 0 saturated carbocycles. The lowest BCUT2D eigenvalue weighted by Gasteiger charge is -2.11. The van der Waals surface area contributed by atoms with E-state index < -0.39 is 0 Å². The lowest BCUT2D eigenvalue weighted by molar-refractivity contribution is 0.581. The van der Waals surface area contributed by atoms with Crippen molar-refractivity contribution in [3.8, 4) is 0 Å². The minimum atomic E-state index is 0.226. The van der Waals surface area contributed by atoms with Crippen LogP contribution >= 0.6 is 11.3 Å². The molecule has 0 aliphatic rings. The zero-order valence-electron chi connectivity index (χ0n) is 8.27. The molecule has 2 rings (SSSR count). The average Bonchev–Trinajstić information content (AvgIpc) is 2.77. The second-order valence-corrected chi connectivity index (χ2v) is 4.33. The summed E-state index contributed by atoms with van der Waals surface area (Å²) in [7, 11) is 0. The van der Waals surface area contributed by atoms with Crippen LogP contribution in [0, 0.1) is 6.92 Å². The van der Waals surface area contributed by atoms with E-state index in [0.29, 0.717) is 0 Å². The van der Waals surface area contributed by atoms with Gasteiger partial charge in [-0.05, 0) is 25.3 Å². The normalized spacial score (nSPS) is 13.0. The van der Waals surface area contributed by atoms with E-state index in [1.54, 1.807) is 17.5 Å². The van der Waals surface area contributed by atoms with Gasteiger partial charge in [-0.2, -0.15) is 5.10 Å². The van der Waals surface area contributed by atoms with E-state index >= 15 is 0 Å². The van der Waals surface area contributed by atoms with Crippen LogP contribution in [0.25, 0.3) is 0 Å². The quantitative estimate of drug-likeness (QED) is 0.822. The Morgan fingerprint density at radius 3 is 2.86 bits per heavy atom. The molecular weight excluding hydrogens is 194 g/mol. The summed E-state index contributed by atoms with van der Waals surface area (Å²) in [4.78, 5) is 1.28. The number of aromatic nitrogens is 2. The van der Waals surface area contributed by atoms with Crippen molar-refractivity contribution in [2.75, 3.05) is 5.73 Å². The summed E-state index contributed by atoms with van der Waals surface area (Å²) in [6.45, 7) is 4.08. The van der Waals surface area contributed by atoms with E-state index in [1.165, 1.54) is 4.88 Å². The molecule has 14 heavy (non-hydrogen) atoms. The van der Waals surface area contributed by atoms with Gasteiger partial charge in [0.15, 0.2) is 0 Å². The molecule has 0 fully saturated rings. The van der Waals surface area contributed by atoms with Crippen molar-refractivity contribution < 1.29 is 0 Å². The fourth-order valence-corrected chi connectivity index (χ4v) is 2.18. The largest absolute Gasteiger partial charge is 0.384 e. The number of thiophene rings is 1. The third-order valence-corrected chi connectivity index (χ3v) is 3.39. The highest BCUT2D eigenvalue weighted by Gasteiger charge is 2.13. The smallest absolute Gasteiger partial charge is 0.125 e. The molecule has 0 bridgehead atoms. The van der Waals surface area contributed by atoms with Gasteiger partial charge < -0.3 is 5.73 Å². The van der Waals surface area contributed by atoms with Gasteiger partial charge >= 0.3 is 0 Å². The van der Waals surface area contributed by atoms with Crippen molar-refractivity contribution in [1.82, 2.24) is 9.78 Å². The summed E-state index contributed by atoms with van der Waals surface area (Å²) in [6, 6.07) is 4.37. The number of aryl methyl sites for hydroxylation is 1. The molecule has 0 radical (unpaired) electrons. The first-order valence-corrected chi connectivity index (χ1v) is 5.41. The number of nitrogen functional groups attached to an aromatic ring is 1. The van der Waals surface area contributed by atoms with Crippen LogP contribution in [0.5, 0.6) is 0 Å².